The molecule has 1 atom stereocenters. The van der Waals surface area contributed by atoms with Crippen LogP contribution < -0.4 is 5.73 Å². The van der Waals surface area contributed by atoms with Crippen LogP contribution in [0, 0.1) is 0 Å². The molecule has 1 aromatic heterocycles. The first kappa shape index (κ1) is 12.1. The number of nitrogens with two attached hydrogens (primary N) is 1. The molecular formula is C11H19NS2. The molecule has 3 heteroatoms. The minimum Gasteiger partial charge on any atom is -0.327 e. The second-order valence-electron chi connectivity index (χ2n) is 4.47. The summed E-state index contributed by atoms with van der Waals surface area (Å²) in [6.07, 6.45) is 1.01. The lowest BCUT2D eigenvalue weighted by Crippen LogP contribution is -2.27. The molecule has 0 fully saturated rings. The summed E-state index contributed by atoms with van der Waals surface area (Å²) < 4.78 is 0.326. The van der Waals surface area contributed by atoms with Crippen molar-refractivity contribution in [3.8, 4) is 0 Å². The van der Waals surface area contributed by atoms with Gasteiger partial charge in [0.05, 0.1) is 0 Å². The first-order valence-electron chi connectivity index (χ1n) is 4.89. The van der Waals surface area contributed by atoms with Gasteiger partial charge in [-0.1, -0.05) is 26.8 Å². The van der Waals surface area contributed by atoms with Crippen molar-refractivity contribution in [2.45, 2.75) is 38.0 Å². The van der Waals surface area contributed by atoms with Gasteiger partial charge in [0.15, 0.2) is 0 Å². The molecule has 1 nitrogen and oxygen atoms in total. The maximum absolute atomic E-state index is 6.06. The third-order valence-electron chi connectivity index (χ3n) is 1.77. The van der Waals surface area contributed by atoms with E-state index < -0.39 is 0 Å². The monoisotopic (exact) mass is 229 g/mol. The van der Waals surface area contributed by atoms with Crippen LogP contribution in [0.1, 0.15) is 25.6 Å². The molecule has 0 aliphatic rings. The Bertz CT molecular complexity index is 249. The Morgan fingerprint density at radius 1 is 1.50 bits per heavy atom. The van der Waals surface area contributed by atoms with Crippen LogP contribution in [0.25, 0.3) is 0 Å². The number of hydrogen-bond donors (Lipinski definition) is 1. The fourth-order valence-corrected chi connectivity index (χ4v) is 2.73. The van der Waals surface area contributed by atoms with Crippen molar-refractivity contribution in [1.82, 2.24) is 0 Å². The van der Waals surface area contributed by atoms with Crippen LogP contribution in [-0.2, 0) is 6.42 Å². The van der Waals surface area contributed by atoms with Crippen LogP contribution in [0.2, 0.25) is 0 Å². The second kappa shape index (κ2) is 5.19. The van der Waals surface area contributed by atoms with Gasteiger partial charge < -0.3 is 5.73 Å². The van der Waals surface area contributed by atoms with Crippen molar-refractivity contribution in [2.24, 2.45) is 5.73 Å². The summed E-state index contributed by atoms with van der Waals surface area (Å²) in [4.78, 5) is 1.40. The highest BCUT2D eigenvalue weighted by molar-refractivity contribution is 8.00. The molecule has 80 valence electrons. The third kappa shape index (κ3) is 5.03. The zero-order valence-electron chi connectivity index (χ0n) is 9.12. The smallest absolute Gasteiger partial charge is 0.0179 e. The Morgan fingerprint density at radius 2 is 2.21 bits per heavy atom. The Hall–Kier alpha value is 0.01000. The van der Waals surface area contributed by atoms with E-state index in [0.717, 1.165) is 12.2 Å². The van der Waals surface area contributed by atoms with E-state index in [1.807, 2.05) is 11.8 Å². The van der Waals surface area contributed by atoms with Gasteiger partial charge in [-0.3, -0.25) is 0 Å². The Labute approximate surface area is 95.1 Å². The molecule has 1 heterocycles. The molecule has 1 rings (SSSR count). The number of hydrogen-bond acceptors (Lipinski definition) is 3. The maximum atomic E-state index is 6.06. The van der Waals surface area contributed by atoms with E-state index in [1.165, 1.54) is 4.88 Å². The molecular weight excluding hydrogens is 210 g/mol. The summed E-state index contributed by atoms with van der Waals surface area (Å²) in [7, 11) is 0. The van der Waals surface area contributed by atoms with Gasteiger partial charge in [0.25, 0.3) is 0 Å². The molecule has 0 amide bonds. The van der Waals surface area contributed by atoms with Crippen LogP contribution >= 0.6 is 23.1 Å². The van der Waals surface area contributed by atoms with Crippen molar-refractivity contribution < 1.29 is 0 Å². The lowest BCUT2D eigenvalue weighted by molar-refractivity contribution is 0.740. The third-order valence-corrected chi connectivity index (χ3v) is 4.13. The van der Waals surface area contributed by atoms with E-state index in [2.05, 4.69) is 38.3 Å². The summed E-state index contributed by atoms with van der Waals surface area (Å²) in [5, 5.41) is 2.11. The highest BCUT2D eigenvalue weighted by Crippen LogP contribution is 2.24. The molecule has 0 aliphatic heterocycles. The standard InChI is InChI=1S/C11H19NS2/c1-11(2,3)14-8-9(12)7-10-5-4-6-13-10/h4-6,9H,7-8,12H2,1-3H3. The number of thioether (sulfide) groups is 1. The lowest BCUT2D eigenvalue weighted by atomic mass is 10.2. The first-order chi connectivity index (χ1) is 6.47. The highest BCUT2D eigenvalue weighted by Gasteiger charge is 2.13. The first-order valence-corrected chi connectivity index (χ1v) is 6.76. The van der Waals surface area contributed by atoms with Crippen molar-refractivity contribution in [3.63, 3.8) is 0 Å². The zero-order valence-corrected chi connectivity index (χ0v) is 10.8. The molecule has 0 aromatic carbocycles. The van der Waals surface area contributed by atoms with E-state index in [-0.39, 0.29) is 6.04 Å². The van der Waals surface area contributed by atoms with Crippen molar-refractivity contribution >= 4 is 23.1 Å². The van der Waals surface area contributed by atoms with E-state index in [4.69, 9.17) is 5.73 Å². The average molecular weight is 229 g/mol. The van der Waals surface area contributed by atoms with Crippen LogP contribution in [-0.4, -0.2) is 16.5 Å². The summed E-state index contributed by atoms with van der Waals surface area (Å²) in [5.74, 6) is 1.04. The maximum Gasteiger partial charge on any atom is 0.0179 e. The average Bonchev–Trinajstić information content (AvgIpc) is 2.52. The minimum atomic E-state index is 0.290. The van der Waals surface area contributed by atoms with Crippen LogP contribution in [0.5, 0.6) is 0 Å². The largest absolute Gasteiger partial charge is 0.327 e. The summed E-state index contributed by atoms with van der Waals surface area (Å²) >= 11 is 3.74. The van der Waals surface area contributed by atoms with Crippen molar-refractivity contribution in [3.05, 3.63) is 22.4 Å². The Kier molecular flexibility index (Phi) is 4.48. The zero-order chi connectivity index (χ0) is 10.6. The molecule has 14 heavy (non-hydrogen) atoms. The van der Waals surface area contributed by atoms with Gasteiger partial charge in [-0.25, -0.2) is 0 Å². The fraction of sp³-hybridized carbons (Fsp3) is 0.636. The Morgan fingerprint density at radius 3 is 2.71 bits per heavy atom. The van der Waals surface area contributed by atoms with Gasteiger partial charge in [-0.2, -0.15) is 11.8 Å². The fourth-order valence-electron chi connectivity index (χ4n) is 1.10. The number of thiophene rings is 1. The summed E-state index contributed by atoms with van der Waals surface area (Å²) in [6, 6.07) is 4.54. The molecule has 1 unspecified atom stereocenters. The Balaban J connectivity index is 2.26. The van der Waals surface area contributed by atoms with Gasteiger partial charge >= 0.3 is 0 Å². The summed E-state index contributed by atoms with van der Waals surface area (Å²) in [5.41, 5.74) is 6.06. The normalized spacial score (nSPS) is 14.3. The van der Waals surface area contributed by atoms with Crippen molar-refractivity contribution in [2.75, 3.05) is 5.75 Å². The molecule has 0 saturated heterocycles. The minimum absolute atomic E-state index is 0.290. The highest BCUT2D eigenvalue weighted by atomic mass is 32.2. The second-order valence-corrected chi connectivity index (χ2v) is 7.35. The van der Waals surface area contributed by atoms with Gasteiger partial charge in [-0.15, -0.1) is 11.3 Å². The molecule has 0 spiro atoms. The van der Waals surface area contributed by atoms with Gasteiger partial charge in [0, 0.05) is 21.4 Å². The topological polar surface area (TPSA) is 26.0 Å². The molecule has 0 saturated carbocycles. The van der Waals surface area contributed by atoms with Crippen LogP contribution in [0.4, 0.5) is 0 Å². The lowest BCUT2D eigenvalue weighted by Gasteiger charge is -2.20. The predicted octanol–water partition coefficient (Wildman–Crippen LogP) is 3.15. The van der Waals surface area contributed by atoms with E-state index in [1.54, 1.807) is 11.3 Å². The van der Waals surface area contributed by atoms with Crippen molar-refractivity contribution in [1.29, 1.82) is 0 Å². The molecule has 0 radical (unpaired) electrons. The van der Waals surface area contributed by atoms with E-state index >= 15 is 0 Å². The van der Waals surface area contributed by atoms with Crippen LogP contribution in [0.3, 0.4) is 0 Å². The predicted molar refractivity (Wildman–Crippen MR) is 68.2 cm³/mol. The molecule has 2 N–H and O–H groups in total. The SMILES string of the molecule is CC(C)(C)SCC(N)Cc1cccs1. The van der Waals surface area contributed by atoms with Gasteiger partial charge in [-0.05, 0) is 17.9 Å². The quantitative estimate of drug-likeness (QED) is 0.858. The van der Waals surface area contributed by atoms with Crippen LogP contribution in [0.15, 0.2) is 17.5 Å². The molecule has 0 aliphatic carbocycles. The summed E-state index contributed by atoms with van der Waals surface area (Å²) in [6.45, 7) is 6.70. The molecule has 1 aromatic rings. The van der Waals surface area contributed by atoms with Gasteiger partial charge in [0.1, 0.15) is 0 Å². The van der Waals surface area contributed by atoms with Gasteiger partial charge in [0.2, 0.25) is 0 Å². The van der Waals surface area contributed by atoms with E-state index in [9.17, 15) is 0 Å². The van der Waals surface area contributed by atoms with E-state index in [0.29, 0.717) is 4.75 Å². The number of rotatable bonds is 4. The molecule has 0 bridgehead atoms.